The van der Waals surface area contributed by atoms with E-state index in [-0.39, 0.29) is 11.7 Å². The molecule has 0 fully saturated rings. The number of carbonyl (C=O) groups is 1. The van der Waals surface area contributed by atoms with Crippen molar-refractivity contribution in [1.82, 2.24) is 9.88 Å². The lowest BCUT2D eigenvalue weighted by Crippen LogP contribution is -2.17. The number of esters is 1. The van der Waals surface area contributed by atoms with Crippen LogP contribution in [0.3, 0.4) is 0 Å². The van der Waals surface area contributed by atoms with Crippen LogP contribution >= 0.6 is 0 Å². The Morgan fingerprint density at radius 2 is 2.06 bits per heavy atom. The van der Waals surface area contributed by atoms with Gasteiger partial charge in [0.25, 0.3) is 0 Å². The molecule has 2 N–H and O–H groups in total. The number of hydrogen-bond acceptors (Lipinski definition) is 5. The van der Waals surface area contributed by atoms with Crippen molar-refractivity contribution in [3.05, 3.63) is 58.8 Å². The number of nitrogens with zero attached hydrogens (tertiary/aromatic N) is 1. The van der Waals surface area contributed by atoms with Gasteiger partial charge in [-0.3, -0.25) is 0 Å². The smallest absolute Gasteiger partial charge is 0.340 e. The van der Waals surface area contributed by atoms with Crippen LogP contribution in [0.5, 0.6) is 11.5 Å². The van der Waals surface area contributed by atoms with Crippen molar-refractivity contribution in [2.24, 2.45) is 0 Å². The number of benzene rings is 2. The molecule has 6 nitrogen and oxygen atoms in total. The number of phenolic OH excluding ortho intramolecular Hbond substituents is 1. The lowest BCUT2D eigenvalue weighted by atomic mass is 9.93. The van der Waals surface area contributed by atoms with E-state index in [1.54, 1.807) is 6.07 Å². The molecule has 2 heterocycles. The molecule has 31 heavy (non-hydrogen) atoms. The van der Waals surface area contributed by atoms with Gasteiger partial charge in [-0.2, -0.15) is 0 Å². The van der Waals surface area contributed by atoms with Crippen molar-refractivity contribution in [1.29, 1.82) is 0 Å². The highest BCUT2D eigenvalue weighted by atomic mass is 16.5. The summed E-state index contributed by atoms with van der Waals surface area (Å²) in [6, 6.07) is 11.7. The number of ether oxygens (including phenoxy) is 2. The molecule has 0 spiro atoms. The third-order valence-corrected chi connectivity index (χ3v) is 5.77. The van der Waals surface area contributed by atoms with E-state index in [0.29, 0.717) is 31.0 Å². The van der Waals surface area contributed by atoms with Crippen LogP contribution in [0.2, 0.25) is 0 Å². The van der Waals surface area contributed by atoms with E-state index in [0.717, 1.165) is 45.6 Å². The van der Waals surface area contributed by atoms with Crippen molar-refractivity contribution in [3.8, 4) is 33.9 Å². The van der Waals surface area contributed by atoms with Crippen LogP contribution < -0.4 is 10.1 Å². The first-order valence-electron chi connectivity index (χ1n) is 10.5. The van der Waals surface area contributed by atoms with E-state index in [1.165, 1.54) is 7.11 Å². The Kier molecular flexibility index (Phi) is 5.74. The molecule has 2 aromatic carbocycles. The predicted molar refractivity (Wildman–Crippen MR) is 121 cm³/mol. The molecule has 162 valence electrons. The third-order valence-electron chi connectivity index (χ3n) is 5.77. The number of rotatable bonds is 6. The summed E-state index contributed by atoms with van der Waals surface area (Å²) in [5, 5.41) is 13.6. The van der Waals surface area contributed by atoms with Crippen molar-refractivity contribution in [3.63, 3.8) is 0 Å². The highest BCUT2D eigenvalue weighted by Gasteiger charge is 2.33. The van der Waals surface area contributed by atoms with Gasteiger partial charge in [0.1, 0.15) is 0 Å². The number of methoxy groups -OCH3 is 1. The zero-order valence-electron chi connectivity index (χ0n) is 18.4. The Hall–Kier alpha value is -3.25. The minimum absolute atomic E-state index is 0.105. The second kappa shape index (κ2) is 8.47. The van der Waals surface area contributed by atoms with Crippen LogP contribution in [-0.2, 0) is 24.2 Å². The van der Waals surface area contributed by atoms with E-state index in [1.807, 2.05) is 45.2 Å². The zero-order chi connectivity index (χ0) is 22.1. The fourth-order valence-electron chi connectivity index (χ4n) is 4.49. The molecule has 0 saturated carbocycles. The number of hydrogen-bond donors (Lipinski definition) is 2. The molecule has 3 aromatic rings. The van der Waals surface area contributed by atoms with Gasteiger partial charge in [0.15, 0.2) is 11.5 Å². The third kappa shape index (κ3) is 3.57. The fraction of sp³-hybridized carbons (Fsp3) is 0.320. The van der Waals surface area contributed by atoms with Crippen LogP contribution in [-0.4, -0.2) is 36.4 Å². The normalized spacial score (nSPS) is 12.3. The van der Waals surface area contributed by atoms with E-state index in [2.05, 4.69) is 16.0 Å². The van der Waals surface area contributed by atoms with Crippen LogP contribution in [0.4, 0.5) is 0 Å². The largest absolute Gasteiger partial charge is 0.504 e. The average molecular weight is 421 g/mol. The summed E-state index contributed by atoms with van der Waals surface area (Å²) in [7, 11) is 3.43. The van der Waals surface area contributed by atoms with Crippen molar-refractivity contribution in [2.45, 2.75) is 33.4 Å². The number of phenols is 1. The monoisotopic (exact) mass is 420 g/mol. The summed E-state index contributed by atoms with van der Waals surface area (Å²) in [4.78, 5) is 13.3. The van der Waals surface area contributed by atoms with E-state index in [4.69, 9.17) is 9.47 Å². The fourth-order valence-corrected chi connectivity index (χ4v) is 4.49. The number of aryl methyl sites for hydroxylation is 2. The van der Waals surface area contributed by atoms with Gasteiger partial charge in [-0.25, -0.2) is 4.79 Å². The highest BCUT2D eigenvalue weighted by molar-refractivity contribution is 6.05. The van der Waals surface area contributed by atoms with Gasteiger partial charge in [-0.05, 0) is 50.6 Å². The molecule has 0 aliphatic carbocycles. The Balaban J connectivity index is 2.09. The van der Waals surface area contributed by atoms with Gasteiger partial charge >= 0.3 is 5.97 Å². The number of carbonyl (C=O) groups excluding carboxylic acids is 1. The summed E-state index contributed by atoms with van der Waals surface area (Å²) in [5.41, 5.74) is 7.31. The lowest BCUT2D eigenvalue weighted by Gasteiger charge is -2.23. The lowest BCUT2D eigenvalue weighted by molar-refractivity contribution is 0.0528. The second-order valence-corrected chi connectivity index (χ2v) is 7.75. The first kappa shape index (κ1) is 21.0. The molecule has 0 radical (unpaired) electrons. The minimum atomic E-state index is -0.343. The number of nitrogens with one attached hydrogen (secondary N) is 1. The Bertz CT molecular complexity index is 1150. The molecular formula is C25H28N2O4. The van der Waals surface area contributed by atoms with Crippen molar-refractivity contribution in [2.75, 3.05) is 20.8 Å². The molecule has 0 unspecified atom stereocenters. The quantitative estimate of drug-likeness (QED) is 0.582. The Labute approximate surface area is 182 Å². The molecule has 0 atom stereocenters. The van der Waals surface area contributed by atoms with Crippen LogP contribution in [0, 0.1) is 6.92 Å². The number of aromatic nitrogens is 1. The second-order valence-electron chi connectivity index (χ2n) is 7.75. The van der Waals surface area contributed by atoms with Crippen LogP contribution in [0.1, 0.15) is 34.1 Å². The van der Waals surface area contributed by atoms with Gasteiger partial charge < -0.3 is 24.5 Å². The summed E-state index contributed by atoms with van der Waals surface area (Å²) in [6.45, 7) is 5.48. The van der Waals surface area contributed by atoms with E-state index in [9.17, 15) is 9.90 Å². The topological polar surface area (TPSA) is 72.7 Å². The standard InChI is InChI=1S/C25H28N2O4/c1-5-31-25(29)23-22(17-8-6-7-15(2)11-17)19(14-26-3)27-10-9-16-12-20(28)21(30-4)13-18(16)24(23)27/h6-8,11-13,26,28H,5,9-10,14H2,1-4H3. The number of fused-ring (bicyclic) bond motifs is 3. The Morgan fingerprint density at radius 3 is 2.74 bits per heavy atom. The predicted octanol–water partition coefficient (Wildman–Crippen LogP) is 4.30. The molecule has 1 aromatic heterocycles. The maximum absolute atomic E-state index is 13.3. The van der Waals surface area contributed by atoms with Crippen molar-refractivity contribution >= 4 is 5.97 Å². The summed E-state index contributed by atoms with van der Waals surface area (Å²) >= 11 is 0. The average Bonchev–Trinajstić information content (AvgIpc) is 3.08. The van der Waals surface area contributed by atoms with Crippen LogP contribution in [0.25, 0.3) is 22.4 Å². The molecular weight excluding hydrogens is 392 g/mol. The summed E-state index contributed by atoms with van der Waals surface area (Å²) in [5.74, 6) is 0.147. The molecule has 0 saturated heterocycles. The molecule has 0 bridgehead atoms. The van der Waals surface area contributed by atoms with E-state index >= 15 is 0 Å². The summed E-state index contributed by atoms with van der Waals surface area (Å²) in [6.07, 6.45) is 0.751. The molecule has 6 heteroatoms. The van der Waals surface area contributed by atoms with Gasteiger partial charge in [-0.15, -0.1) is 0 Å². The maximum atomic E-state index is 13.3. The van der Waals surface area contributed by atoms with Gasteiger partial charge in [0, 0.05) is 29.9 Å². The van der Waals surface area contributed by atoms with Gasteiger partial charge in [0.05, 0.1) is 25.0 Å². The van der Waals surface area contributed by atoms with Gasteiger partial charge in [-0.1, -0.05) is 29.8 Å². The zero-order valence-corrected chi connectivity index (χ0v) is 18.4. The molecule has 0 amide bonds. The SMILES string of the molecule is CCOC(=O)c1c(-c2cccc(C)c2)c(CNC)n2c1-c1cc(OC)c(O)cc1CC2. The number of aromatic hydroxyl groups is 1. The first-order valence-corrected chi connectivity index (χ1v) is 10.5. The maximum Gasteiger partial charge on any atom is 0.340 e. The molecule has 1 aliphatic rings. The van der Waals surface area contributed by atoms with Crippen molar-refractivity contribution < 1.29 is 19.4 Å². The van der Waals surface area contributed by atoms with Gasteiger partial charge in [0.2, 0.25) is 0 Å². The first-order chi connectivity index (χ1) is 15.0. The highest BCUT2D eigenvalue weighted by Crippen LogP contribution is 2.45. The Morgan fingerprint density at radius 1 is 1.26 bits per heavy atom. The molecule has 1 aliphatic heterocycles. The minimum Gasteiger partial charge on any atom is -0.504 e. The summed E-state index contributed by atoms with van der Waals surface area (Å²) < 4.78 is 13.1. The molecule has 4 rings (SSSR count). The van der Waals surface area contributed by atoms with Crippen LogP contribution in [0.15, 0.2) is 36.4 Å². The van der Waals surface area contributed by atoms with E-state index < -0.39 is 0 Å².